The van der Waals surface area contributed by atoms with Gasteiger partial charge in [-0.25, -0.2) is 0 Å². The summed E-state index contributed by atoms with van der Waals surface area (Å²) >= 11 is 0. The number of hydrogen-bond donors (Lipinski definition) is 1. The Kier molecular flexibility index (Phi) is 9.89. The molecule has 1 N–H and O–H groups in total. The van der Waals surface area contributed by atoms with Crippen molar-refractivity contribution in [2.45, 2.75) is 90.4 Å². The summed E-state index contributed by atoms with van der Waals surface area (Å²) in [5.74, 6) is -0.343. The number of rotatable bonds is 11. The van der Waals surface area contributed by atoms with E-state index in [-0.39, 0.29) is 17.4 Å². The van der Waals surface area contributed by atoms with Gasteiger partial charge in [0.1, 0.15) is 5.60 Å². The third kappa shape index (κ3) is 8.09. The fourth-order valence-electron chi connectivity index (χ4n) is 4.32. The number of carbonyl (C=O) groups excluding carboxylic acids is 1. The maximum Gasteiger partial charge on any atom is 0.308 e. The van der Waals surface area contributed by atoms with Crippen LogP contribution in [0.25, 0.3) is 0 Å². The van der Waals surface area contributed by atoms with Crippen molar-refractivity contribution in [3.63, 3.8) is 0 Å². The number of aliphatic hydroxyl groups excluding tert-OH is 1. The minimum atomic E-state index is -2.49. The fourth-order valence-corrected chi connectivity index (χ4v) is 8.93. The molecular weight excluding hydrogens is 428 g/mol. The third-order valence-corrected chi connectivity index (χ3v) is 10.8. The quantitative estimate of drug-likeness (QED) is 0.278. The topological polar surface area (TPSA) is 55.8 Å². The van der Waals surface area contributed by atoms with Crippen molar-refractivity contribution in [1.82, 2.24) is 0 Å². The molecule has 0 spiro atoms. The summed E-state index contributed by atoms with van der Waals surface area (Å²) in [5.41, 5.74) is -0.519. The Balaban J connectivity index is 1.96. The van der Waals surface area contributed by atoms with E-state index in [1.807, 2.05) is 20.8 Å². The number of carbonyl (C=O) groups is 1. The third-order valence-electron chi connectivity index (χ3n) is 5.74. The van der Waals surface area contributed by atoms with Gasteiger partial charge in [-0.05, 0) is 49.0 Å². The molecule has 5 heteroatoms. The smallest absolute Gasteiger partial charge is 0.308 e. The number of esters is 1. The molecule has 2 aromatic carbocycles. The molecular formula is C28H42O4Si. The average Bonchev–Trinajstić information content (AvgIpc) is 2.72. The van der Waals surface area contributed by atoms with Crippen molar-refractivity contribution in [2.24, 2.45) is 0 Å². The number of hydrogen-bond acceptors (Lipinski definition) is 4. The number of aliphatic hydroxyl groups is 1. The zero-order valence-corrected chi connectivity index (χ0v) is 22.3. The molecule has 0 aliphatic carbocycles. The molecule has 4 nitrogen and oxygen atoms in total. The first-order valence-corrected chi connectivity index (χ1v) is 14.0. The largest absolute Gasteiger partial charge is 0.460 e. The van der Waals surface area contributed by atoms with Crippen LogP contribution in [0.5, 0.6) is 0 Å². The molecule has 0 heterocycles. The molecule has 2 aromatic rings. The van der Waals surface area contributed by atoms with Crippen LogP contribution < -0.4 is 10.4 Å². The van der Waals surface area contributed by atoms with Crippen LogP contribution in [-0.2, 0) is 14.0 Å². The highest BCUT2D eigenvalue weighted by Crippen LogP contribution is 2.36. The van der Waals surface area contributed by atoms with Gasteiger partial charge in [0.25, 0.3) is 8.32 Å². The van der Waals surface area contributed by atoms with E-state index in [1.54, 1.807) is 0 Å². The first-order valence-electron chi connectivity index (χ1n) is 12.1. The van der Waals surface area contributed by atoms with Crippen molar-refractivity contribution < 1.29 is 19.1 Å². The molecule has 2 rings (SSSR count). The monoisotopic (exact) mass is 470 g/mol. The minimum Gasteiger partial charge on any atom is -0.460 e. The van der Waals surface area contributed by atoms with Gasteiger partial charge in [-0.15, -0.1) is 0 Å². The molecule has 0 radical (unpaired) electrons. The highest BCUT2D eigenvalue weighted by Gasteiger charge is 2.49. The van der Waals surface area contributed by atoms with Crippen LogP contribution in [-0.4, -0.2) is 37.7 Å². The Hall–Kier alpha value is -1.95. The lowest BCUT2D eigenvalue weighted by atomic mass is 10.1. The van der Waals surface area contributed by atoms with Crippen LogP contribution in [0.2, 0.25) is 5.04 Å². The standard InChI is InChI=1S/C28H42O4Si/c1-27(2,3)32-26(30)22-23(29)16-10-9-15-21-31-33(28(4,5)6,24-17-11-7-12-18-24)25-19-13-8-14-20-25/h7-8,11-14,17-20,23,29H,9-10,15-16,21-22H2,1-6H3/t23-/m1/s1. The number of ether oxygens (including phenoxy) is 1. The Morgan fingerprint density at radius 2 is 1.36 bits per heavy atom. The van der Waals surface area contributed by atoms with Crippen LogP contribution in [0.15, 0.2) is 60.7 Å². The Morgan fingerprint density at radius 1 is 0.848 bits per heavy atom. The molecule has 0 aromatic heterocycles. The lowest BCUT2D eigenvalue weighted by molar-refractivity contribution is -0.157. The Labute approximate surface area is 201 Å². The van der Waals surface area contributed by atoms with Gasteiger partial charge >= 0.3 is 5.97 Å². The van der Waals surface area contributed by atoms with Crippen molar-refractivity contribution in [3.05, 3.63) is 60.7 Å². The van der Waals surface area contributed by atoms with Crippen LogP contribution in [0.1, 0.15) is 73.6 Å². The lowest BCUT2D eigenvalue weighted by Gasteiger charge is -2.43. The maximum atomic E-state index is 11.9. The van der Waals surface area contributed by atoms with Gasteiger partial charge in [-0.3, -0.25) is 4.79 Å². The van der Waals surface area contributed by atoms with Gasteiger partial charge in [0.2, 0.25) is 0 Å². The van der Waals surface area contributed by atoms with E-state index < -0.39 is 20.0 Å². The summed E-state index contributed by atoms with van der Waals surface area (Å²) in [7, 11) is -2.49. The van der Waals surface area contributed by atoms with Crippen LogP contribution >= 0.6 is 0 Å². The van der Waals surface area contributed by atoms with Crippen molar-refractivity contribution in [2.75, 3.05) is 6.61 Å². The van der Waals surface area contributed by atoms with E-state index in [0.717, 1.165) is 19.3 Å². The second-order valence-corrected chi connectivity index (χ2v) is 15.1. The average molecular weight is 471 g/mol. The van der Waals surface area contributed by atoms with Gasteiger partial charge < -0.3 is 14.3 Å². The summed E-state index contributed by atoms with van der Waals surface area (Å²) in [5, 5.41) is 12.7. The highest BCUT2D eigenvalue weighted by molar-refractivity contribution is 6.99. The Morgan fingerprint density at radius 3 is 1.82 bits per heavy atom. The molecule has 182 valence electrons. The van der Waals surface area contributed by atoms with E-state index >= 15 is 0 Å². The molecule has 0 bridgehead atoms. The Bertz CT molecular complexity index is 798. The molecule has 0 saturated heterocycles. The van der Waals surface area contributed by atoms with Gasteiger partial charge in [0, 0.05) is 6.61 Å². The normalized spacial score (nSPS) is 13.5. The molecule has 0 aliphatic heterocycles. The van der Waals surface area contributed by atoms with Gasteiger partial charge in [0.05, 0.1) is 12.5 Å². The number of unbranched alkanes of at least 4 members (excludes halogenated alkanes) is 2. The molecule has 0 unspecified atom stereocenters. The number of benzene rings is 2. The summed E-state index contributed by atoms with van der Waals surface area (Å²) in [6.45, 7) is 13.0. The first kappa shape index (κ1) is 27.3. The SMILES string of the molecule is CC(C)(C)OC(=O)C[C@H](O)CCCCCO[Si](c1ccccc1)(c1ccccc1)C(C)(C)C. The summed E-state index contributed by atoms with van der Waals surface area (Å²) < 4.78 is 12.2. The van der Waals surface area contributed by atoms with Crippen molar-refractivity contribution in [1.29, 1.82) is 0 Å². The van der Waals surface area contributed by atoms with Gasteiger partial charge in [-0.1, -0.05) is 94.3 Å². The molecule has 0 saturated carbocycles. The second kappa shape index (κ2) is 12.0. The summed E-state index contributed by atoms with van der Waals surface area (Å²) in [6.07, 6.45) is 2.72. The van der Waals surface area contributed by atoms with Crippen LogP contribution in [0, 0.1) is 0 Å². The van der Waals surface area contributed by atoms with Crippen LogP contribution in [0.4, 0.5) is 0 Å². The van der Waals surface area contributed by atoms with Gasteiger partial charge in [-0.2, -0.15) is 0 Å². The predicted molar refractivity (Wildman–Crippen MR) is 139 cm³/mol. The molecule has 33 heavy (non-hydrogen) atoms. The lowest BCUT2D eigenvalue weighted by Crippen LogP contribution is -2.66. The van der Waals surface area contributed by atoms with Crippen molar-refractivity contribution in [3.8, 4) is 0 Å². The second-order valence-electron chi connectivity index (χ2n) is 10.8. The van der Waals surface area contributed by atoms with E-state index in [4.69, 9.17) is 9.16 Å². The van der Waals surface area contributed by atoms with Crippen molar-refractivity contribution >= 4 is 24.7 Å². The maximum absolute atomic E-state index is 11.9. The predicted octanol–water partition coefficient (Wildman–Crippen LogP) is 5.22. The molecule has 0 aliphatic rings. The zero-order chi connectivity index (χ0) is 24.5. The van der Waals surface area contributed by atoms with E-state index in [2.05, 4.69) is 81.4 Å². The first-order chi connectivity index (χ1) is 15.5. The fraction of sp³-hybridized carbons (Fsp3) is 0.536. The summed E-state index contributed by atoms with van der Waals surface area (Å²) in [6, 6.07) is 21.3. The van der Waals surface area contributed by atoms with Gasteiger partial charge in [0.15, 0.2) is 0 Å². The van der Waals surface area contributed by atoms with E-state index in [0.29, 0.717) is 13.0 Å². The van der Waals surface area contributed by atoms with E-state index in [9.17, 15) is 9.90 Å². The summed E-state index contributed by atoms with van der Waals surface area (Å²) in [4.78, 5) is 11.9. The molecule has 0 fully saturated rings. The molecule has 1 atom stereocenters. The zero-order valence-electron chi connectivity index (χ0n) is 21.3. The molecule has 0 amide bonds. The minimum absolute atomic E-state index is 0.0285. The van der Waals surface area contributed by atoms with Crippen LogP contribution in [0.3, 0.4) is 0 Å². The highest BCUT2D eigenvalue weighted by atomic mass is 28.4. The van der Waals surface area contributed by atoms with E-state index in [1.165, 1.54) is 10.4 Å².